The Bertz CT molecular complexity index is 630. The van der Waals surface area contributed by atoms with E-state index in [1.54, 1.807) is 6.07 Å². The Hall–Kier alpha value is -1.38. The summed E-state index contributed by atoms with van der Waals surface area (Å²) in [6, 6.07) is 3.71. The molecule has 0 fully saturated rings. The fourth-order valence-electron chi connectivity index (χ4n) is 2.91. The molecular weight excluding hydrogens is 289 g/mol. The van der Waals surface area contributed by atoms with Crippen molar-refractivity contribution >= 4 is 5.90 Å². The van der Waals surface area contributed by atoms with Crippen LogP contribution in [0.3, 0.4) is 0 Å². The first kappa shape index (κ1) is 18.0. The summed E-state index contributed by atoms with van der Waals surface area (Å²) in [6.07, 6.45) is 0.419. The molecule has 0 aliphatic carbocycles. The molecule has 0 bridgehead atoms. The lowest BCUT2D eigenvalue weighted by atomic mass is 9.74. The van der Waals surface area contributed by atoms with Gasteiger partial charge in [0.1, 0.15) is 12.4 Å². The van der Waals surface area contributed by atoms with E-state index in [1.165, 1.54) is 5.56 Å². The van der Waals surface area contributed by atoms with Crippen LogP contribution >= 0.6 is 0 Å². The van der Waals surface area contributed by atoms with Crippen LogP contribution in [0.4, 0.5) is 4.39 Å². The maximum atomic E-state index is 14.7. The van der Waals surface area contributed by atoms with Crippen molar-refractivity contribution in [3.05, 3.63) is 34.6 Å². The zero-order valence-electron chi connectivity index (χ0n) is 15.8. The molecule has 3 heteroatoms. The van der Waals surface area contributed by atoms with Crippen LogP contribution in [0.25, 0.3) is 0 Å². The lowest BCUT2D eigenvalue weighted by Gasteiger charge is -2.31. The highest BCUT2D eigenvalue weighted by atomic mass is 19.1. The molecule has 2 nitrogen and oxygen atoms in total. The molecule has 1 aromatic carbocycles. The van der Waals surface area contributed by atoms with E-state index in [-0.39, 0.29) is 22.2 Å². The molecule has 0 saturated heterocycles. The molecule has 0 saturated carbocycles. The van der Waals surface area contributed by atoms with Crippen LogP contribution in [0, 0.1) is 5.82 Å². The summed E-state index contributed by atoms with van der Waals surface area (Å²) in [6.45, 7) is 17.5. The molecule has 2 rings (SSSR count). The predicted octanol–water partition coefficient (Wildman–Crippen LogP) is 5.17. The van der Waals surface area contributed by atoms with Crippen LogP contribution in [0.15, 0.2) is 17.1 Å². The Kier molecular flexibility index (Phi) is 4.38. The minimum Gasteiger partial charge on any atom is -0.478 e. The zero-order chi connectivity index (χ0) is 17.6. The molecule has 1 aromatic rings. The quantitative estimate of drug-likeness (QED) is 0.737. The summed E-state index contributed by atoms with van der Waals surface area (Å²) in [7, 11) is 0. The molecule has 0 unspecified atom stereocenters. The van der Waals surface area contributed by atoms with Gasteiger partial charge in [0, 0.05) is 0 Å². The van der Waals surface area contributed by atoms with E-state index in [9.17, 15) is 4.39 Å². The van der Waals surface area contributed by atoms with E-state index < -0.39 is 0 Å². The third-order valence-electron chi connectivity index (χ3n) is 4.16. The number of halogens is 1. The van der Waals surface area contributed by atoms with Gasteiger partial charge in [0.25, 0.3) is 0 Å². The topological polar surface area (TPSA) is 21.6 Å². The molecule has 0 atom stereocenters. The summed E-state index contributed by atoms with van der Waals surface area (Å²) in [5.41, 5.74) is 2.59. The summed E-state index contributed by atoms with van der Waals surface area (Å²) >= 11 is 0. The minimum atomic E-state index is -0.204. The Labute approximate surface area is 140 Å². The summed E-state index contributed by atoms with van der Waals surface area (Å²) in [5.74, 6) is 0.469. The fraction of sp³-hybridized carbons (Fsp3) is 0.650. The molecule has 0 radical (unpaired) electrons. The van der Waals surface area contributed by atoms with Crippen LogP contribution in [-0.4, -0.2) is 18.0 Å². The molecule has 1 heterocycles. The summed E-state index contributed by atoms with van der Waals surface area (Å²) < 4.78 is 20.3. The van der Waals surface area contributed by atoms with Crippen molar-refractivity contribution in [2.75, 3.05) is 6.61 Å². The number of hydrogen-bond acceptors (Lipinski definition) is 2. The number of hydrogen-bond donors (Lipinski definition) is 0. The van der Waals surface area contributed by atoms with Gasteiger partial charge in [-0.3, -0.25) is 0 Å². The number of rotatable bonds is 2. The molecule has 1 aliphatic rings. The van der Waals surface area contributed by atoms with E-state index in [4.69, 9.17) is 4.74 Å². The molecule has 0 aromatic heterocycles. The van der Waals surface area contributed by atoms with Crippen molar-refractivity contribution in [1.29, 1.82) is 0 Å². The Morgan fingerprint density at radius 1 is 1.04 bits per heavy atom. The second kappa shape index (κ2) is 5.61. The van der Waals surface area contributed by atoms with Crippen LogP contribution in [0.2, 0.25) is 0 Å². The average molecular weight is 319 g/mol. The highest BCUT2D eigenvalue weighted by molar-refractivity contribution is 5.80. The second-order valence-corrected chi connectivity index (χ2v) is 9.27. The Morgan fingerprint density at radius 2 is 1.57 bits per heavy atom. The van der Waals surface area contributed by atoms with Gasteiger partial charge < -0.3 is 4.74 Å². The van der Waals surface area contributed by atoms with Crippen LogP contribution in [-0.2, 0) is 22.0 Å². The van der Waals surface area contributed by atoms with Gasteiger partial charge in [-0.25, -0.2) is 9.38 Å². The van der Waals surface area contributed by atoms with Crippen molar-refractivity contribution in [1.82, 2.24) is 0 Å². The van der Waals surface area contributed by atoms with Crippen molar-refractivity contribution in [2.45, 2.75) is 78.2 Å². The maximum Gasteiger partial charge on any atom is 0.188 e. The van der Waals surface area contributed by atoms with Gasteiger partial charge in [0.05, 0.1) is 12.0 Å². The molecule has 23 heavy (non-hydrogen) atoms. The van der Waals surface area contributed by atoms with Crippen LogP contribution in [0.1, 0.15) is 72.1 Å². The van der Waals surface area contributed by atoms with Gasteiger partial charge in [-0.15, -0.1) is 0 Å². The van der Waals surface area contributed by atoms with Gasteiger partial charge in [-0.1, -0.05) is 47.6 Å². The third kappa shape index (κ3) is 4.13. The van der Waals surface area contributed by atoms with Crippen molar-refractivity contribution in [2.24, 2.45) is 4.99 Å². The largest absolute Gasteiger partial charge is 0.478 e. The van der Waals surface area contributed by atoms with Crippen LogP contribution in [0.5, 0.6) is 0 Å². The zero-order valence-corrected chi connectivity index (χ0v) is 15.8. The number of aliphatic imine (C=N–C) groups is 1. The summed E-state index contributed by atoms with van der Waals surface area (Å²) in [4.78, 5) is 4.55. The van der Waals surface area contributed by atoms with E-state index in [0.29, 0.717) is 24.5 Å². The van der Waals surface area contributed by atoms with Gasteiger partial charge in [0.15, 0.2) is 5.90 Å². The highest BCUT2D eigenvalue weighted by Gasteiger charge is 2.29. The van der Waals surface area contributed by atoms with E-state index in [0.717, 1.165) is 5.56 Å². The summed E-state index contributed by atoms with van der Waals surface area (Å²) in [5, 5.41) is 0. The molecule has 1 aliphatic heterocycles. The minimum absolute atomic E-state index is 0.0390. The molecule has 0 N–H and O–H groups in total. The maximum absolute atomic E-state index is 14.7. The van der Waals surface area contributed by atoms with Gasteiger partial charge >= 0.3 is 0 Å². The van der Waals surface area contributed by atoms with Crippen LogP contribution < -0.4 is 0 Å². The molecule has 128 valence electrons. The SMILES string of the molecule is CC1(C)COC(Cc2cc(C(C)(C)C)c(C(C)(C)C)cc2F)=N1. The van der Waals surface area contributed by atoms with E-state index in [2.05, 4.69) is 46.5 Å². The third-order valence-corrected chi connectivity index (χ3v) is 4.16. The Balaban J connectivity index is 2.47. The highest BCUT2D eigenvalue weighted by Crippen LogP contribution is 2.36. The van der Waals surface area contributed by atoms with Crippen molar-refractivity contribution in [3.8, 4) is 0 Å². The smallest absolute Gasteiger partial charge is 0.188 e. The molecule has 0 spiro atoms. The number of nitrogens with zero attached hydrogens (tertiary/aromatic N) is 1. The number of ether oxygens (including phenoxy) is 1. The molecule has 0 amide bonds. The van der Waals surface area contributed by atoms with Crippen molar-refractivity contribution in [3.63, 3.8) is 0 Å². The average Bonchev–Trinajstić information content (AvgIpc) is 2.68. The lowest BCUT2D eigenvalue weighted by molar-refractivity contribution is 0.275. The first-order valence-corrected chi connectivity index (χ1v) is 8.34. The van der Waals surface area contributed by atoms with E-state index in [1.807, 2.05) is 19.9 Å². The number of benzene rings is 1. The first-order chi connectivity index (χ1) is 10.3. The van der Waals surface area contributed by atoms with Crippen molar-refractivity contribution < 1.29 is 9.13 Å². The van der Waals surface area contributed by atoms with E-state index >= 15 is 0 Å². The lowest BCUT2D eigenvalue weighted by Crippen LogP contribution is -2.23. The van der Waals surface area contributed by atoms with Gasteiger partial charge in [-0.05, 0) is 47.4 Å². The fourth-order valence-corrected chi connectivity index (χ4v) is 2.91. The first-order valence-electron chi connectivity index (χ1n) is 8.34. The van der Waals surface area contributed by atoms with Gasteiger partial charge in [-0.2, -0.15) is 0 Å². The monoisotopic (exact) mass is 319 g/mol. The predicted molar refractivity (Wildman–Crippen MR) is 95.0 cm³/mol. The standard InChI is InChI=1S/C20H30FNO/c1-18(2,3)14-9-13(10-17-22-20(7,8)12-23-17)16(21)11-15(14)19(4,5)6/h9,11H,10,12H2,1-8H3. The normalized spacial score (nSPS) is 17.9. The molecular formula is C20H30FNO. The van der Waals surface area contributed by atoms with Gasteiger partial charge in [0.2, 0.25) is 0 Å². The Morgan fingerprint density at radius 3 is 2.00 bits per heavy atom. The second-order valence-electron chi connectivity index (χ2n) is 9.27.